The average molecular weight is 393 g/mol. The summed E-state index contributed by atoms with van der Waals surface area (Å²) in [7, 11) is 0. The van der Waals surface area contributed by atoms with Gasteiger partial charge in [0.1, 0.15) is 0 Å². The molecule has 0 atom stereocenters. The lowest BCUT2D eigenvalue weighted by Gasteiger charge is -2.11. The van der Waals surface area contributed by atoms with E-state index in [1.54, 1.807) is 12.1 Å². The summed E-state index contributed by atoms with van der Waals surface area (Å²) in [5, 5.41) is 12.1. The zero-order valence-electron chi connectivity index (χ0n) is 14.8. The van der Waals surface area contributed by atoms with Gasteiger partial charge in [-0.1, -0.05) is 29.4 Å². The molecule has 1 amide bonds. The number of anilines is 1. The van der Waals surface area contributed by atoms with Crippen molar-refractivity contribution in [1.82, 2.24) is 10.1 Å². The normalized spacial score (nSPS) is 10.8. The minimum Gasteiger partial charge on any atom is -0.454 e. The van der Waals surface area contributed by atoms with Crippen LogP contribution < -0.4 is 5.32 Å². The van der Waals surface area contributed by atoms with Crippen molar-refractivity contribution in [3.8, 4) is 11.5 Å². The van der Waals surface area contributed by atoms with E-state index in [0.717, 1.165) is 16.3 Å². The van der Waals surface area contributed by atoms with E-state index in [9.17, 15) is 9.59 Å². The Morgan fingerprint density at radius 1 is 1.18 bits per heavy atom. The molecule has 0 saturated heterocycles. The maximum atomic E-state index is 12.6. The van der Waals surface area contributed by atoms with Gasteiger partial charge in [-0.3, -0.25) is 4.79 Å². The van der Waals surface area contributed by atoms with Gasteiger partial charge in [-0.05, 0) is 34.4 Å². The number of carbonyl (C=O) groups is 2. The molecule has 8 heteroatoms. The number of carbonyl (C=O) groups excluding carboxylic acids is 2. The Balaban J connectivity index is 1.55. The van der Waals surface area contributed by atoms with Crippen LogP contribution in [0.4, 0.5) is 5.69 Å². The number of nitrogens with zero attached hydrogens (tertiary/aromatic N) is 2. The number of rotatable bonds is 5. The summed E-state index contributed by atoms with van der Waals surface area (Å²) in [5.41, 5.74) is 1.47. The maximum Gasteiger partial charge on any atom is 0.340 e. The molecule has 2 aromatic heterocycles. The Labute approximate surface area is 163 Å². The summed E-state index contributed by atoms with van der Waals surface area (Å²) in [5.74, 6) is -0.229. The lowest BCUT2D eigenvalue weighted by Crippen LogP contribution is -2.13. The Bertz CT molecular complexity index is 1150. The quantitative estimate of drug-likeness (QED) is 0.509. The monoisotopic (exact) mass is 393 g/mol. The van der Waals surface area contributed by atoms with Gasteiger partial charge in [-0.2, -0.15) is 16.3 Å². The lowest BCUT2D eigenvalue weighted by molar-refractivity contribution is -0.114. The second-order valence-electron chi connectivity index (χ2n) is 6.03. The molecule has 0 spiro atoms. The summed E-state index contributed by atoms with van der Waals surface area (Å²) in [6, 6.07) is 12.9. The first kappa shape index (κ1) is 17.9. The van der Waals surface area contributed by atoms with E-state index in [0.29, 0.717) is 11.6 Å². The zero-order chi connectivity index (χ0) is 19.5. The van der Waals surface area contributed by atoms with Gasteiger partial charge in [0.2, 0.25) is 11.7 Å². The van der Waals surface area contributed by atoms with Crippen LogP contribution in [0, 0.1) is 0 Å². The SMILES string of the molecule is CC(=O)Nc1cc2ccccc2cc1C(=O)OCc1noc(-c2ccsc2)n1. The fourth-order valence-corrected chi connectivity index (χ4v) is 3.36. The van der Waals surface area contributed by atoms with Crippen LogP contribution in [0.5, 0.6) is 0 Å². The number of esters is 1. The van der Waals surface area contributed by atoms with Crippen molar-refractivity contribution in [2.75, 3.05) is 5.32 Å². The maximum absolute atomic E-state index is 12.6. The van der Waals surface area contributed by atoms with Gasteiger partial charge >= 0.3 is 5.97 Å². The predicted molar refractivity (Wildman–Crippen MR) is 105 cm³/mol. The fourth-order valence-electron chi connectivity index (χ4n) is 2.73. The summed E-state index contributed by atoms with van der Waals surface area (Å²) < 4.78 is 10.5. The molecule has 0 radical (unpaired) electrons. The summed E-state index contributed by atoms with van der Waals surface area (Å²) in [6.07, 6.45) is 0. The molecule has 140 valence electrons. The fraction of sp³-hybridized carbons (Fsp3) is 0.100. The Morgan fingerprint density at radius 2 is 1.96 bits per heavy atom. The van der Waals surface area contributed by atoms with Crippen molar-refractivity contribution < 1.29 is 18.8 Å². The molecular formula is C20H15N3O4S. The van der Waals surface area contributed by atoms with Crippen LogP contribution in [0.25, 0.3) is 22.2 Å². The van der Waals surface area contributed by atoms with Crippen LogP contribution in [0.2, 0.25) is 0 Å². The molecule has 0 bridgehead atoms. The van der Waals surface area contributed by atoms with E-state index in [2.05, 4.69) is 15.5 Å². The second kappa shape index (κ2) is 7.61. The number of hydrogen-bond donors (Lipinski definition) is 1. The molecule has 28 heavy (non-hydrogen) atoms. The minimum atomic E-state index is -0.587. The molecule has 0 aliphatic rings. The molecule has 0 unspecified atom stereocenters. The van der Waals surface area contributed by atoms with E-state index in [1.165, 1.54) is 18.3 Å². The van der Waals surface area contributed by atoms with E-state index in [4.69, 9.17) is 9.26 Å². The third-order valence-corrected chi connectivity index (χ3v) is 4.67. The predicted octanol–water partition coefficient (Wildman–Crippen LogP) is 4.27. The van der Waals surface area contributed by atoms with Crippen LogP contribution in [-0.2, 0) is 16.1 Å². The number of hydrogen-bond acceptors (Lipinski definition) is 7. The molecule has 7 nitrogen and oxygen atoms in total. The highest BCUT2D eigenvalue weighted by Crippen LogP contribution is 2.25. The largest absolute Gasteiger partial charge is 0.454 e. The molecule has 0 fully saturated rings. The molecule has 0 aliphatic carbocycles. The number of fused-ring (bicyclic) bond motifs is 1. The molecule has 2 heterocycles. The molecule has 4 rings (SSSR count). The zero-order valence-corrected chi connectivity index (χ0v) is 15.7. The van der Waals surface area contributed by atoms with Gasteiger partial charge < -0.3 is 14.6 Å². The third kappa shape index (κ3) is 3.77. The number of benzene rings is 2. The van der Waals surface area contributed by atoms with Crippen molar-refractivity contribution in [1.29, 1.82) is 0 Å². The first-order chi connectivity index (χ1) is 13.6. The van der Waals surface area contributed by atoms with Gasteiger partial charge in [0.15, 0.2) is 6.61 Å². The van der Waals surface area contributed by atoms with Crippen LogP contribution >= 0.6 is 11.3 Å². The summed E-state index contributed by atoms with van der Waals surface area (Å²) >= 11 is 1.52. The van der Waals surface area contributed by atoms with E-state index < -0.39 is 5.97 Å². The Hall–Kier alpha value is -3.52. The van der Waals surface area contributed by atoms with Crippen LogP contribution in [0.3, 0.4) is 0 Å². The van der Waals surface area contributed by atoms with Crippen molar-refractivity contribution in [2.45, 2.75) is 13.5 Å². The molecular weight excluding hydrogens is 378 g/mol. The molecule has 4 aromatic rings. The lowest BCUT2D eigenvalue weighted by atomic mass is 10.0. The molecule has 0 aliphatic heterocycles. The van der Waals surface area contributed by atoms with Crippen LogP contribution in [-0.4, -0.2) is 22.0 Å². The summed E-state index contributed by atoms with van der Waals surface area (Å²) in [4.78, 5) is 28.4. The number of nitrogens with one attached hydrogen (secondary N) is 1. The van der Waals surface area contributed by atoms with Crippen molar-refractivity contribution in [2.24, 2.45) is 0 Å². The number of amides is 1. The van der Waals surface area contributed by atoms with Gasteiger partial charge in [0, 0.05) is 12.3 Å². The van der Waals surface area contributed by atoms with E-state index in [1.807, 2.05) is 41.1 Å². The Kier molecular flexibility index (Phi) is 4.86. The minimum absolute atomic E-state index is 0.140. The van der Waals surface area contributed by atoms with Crippen molar-refractivity contribution >= 4 is 39.7 Å². The van der Waals surface area contributed by atoms with Gasteiger partial charge in [-0.25, -0.2) is 4.79 Å². The highest BCUT2D eigenvalue weighted by molar-refractivity contribution is 7.08. The van der Waals surface area contributed by atoms with E-state index in [-0.39, 0.29) is 23.9 Å². The first-order valence-electron chi connectivity index (χ1n) is 8.43. The topological polar surface area (TPSA) is 94.3 Å². The van der Waals surface area contributed by atoms with Crippen molar-refractivity contribution in [3.05, 3.63) is 64.6 Å². The highest BCUT2D eigenvalue weighted by Gasteiger charge is 2.17. The number of thiophene rings is 1. The first-order valence-corrected chi connectivity index (χ1v) is 9.37. The third-order valence-electron chi connectivity index (χ3n) is 3.99. The number of aromatic nitrogens is 2. The average Bonchev–Trinajstić information content (AvgIpc) is 3.36. The molecule has 1 N–H and O–H groups in total. The van der Waals surface area contributed by atoms with Gasteiger partial charge in [0.05, 0.1) is 16.8 Å². The van der Waals surface area contributed by atoms with Gasteiger partial charge in [-0.15, -0.1) is 0 Å². The smallest absolute Gasteiger partial charge is 0.340 e. The van der Waals surface area contributed by atoms with Crippen molar-refractivity contribution in [3.63, 3.8) is 0 Å². The molecule has 0 saturated carbocycles. The Morgan fingerprint density at radius 3 is 2.68 bits per heavy atom. The van der Waals surface area contributed by atoms with Gasteiger partial charge in [0.25, 0.3) is 5.89 Å². The van der Waals surface area contributed by atoms with Crippen LogP contribution in [0.15, 0.2) is 57.7 Å². The number of ether oxygens (including phenoxy) is 1. The van der Waals surface area contributed by atoms with Crippen LogP contribution in [0.1, 0.15) is 23.1 Å². The highest BCUT2D eigenvalue weighted by atomic mass is 32.1. The molecule has 2 aromatic carbocycles. The van der Waals surface area contributed by atoms with E-state index >= 15 is 0 Å². The second-order valence-corrected chi connectivity index (χ2v) is 6.81. The standard InChI is InChI=1S/C20H15N3O4S/c1-12(24)21-17-9-14-5-3-2-4-13(14)8-16(17)20(25)26-10-18-22-19(27-23-18)15-6-7-28-11-15/h2-9,11H,10H2,1H3,(H,21,24). The summed E-state index contributed by atoms with van der Waals surface area (Å²) in [6.45, 7) is 1.24.